The van der Waals surface area contributed by atoms with Crippen LogP contribution in [0.1, 0.15) is 20.3 Å². The van der Waals surface area contributed by atoms with Crippen molar-refractivity contribution in [1.82, 2.24) is 0 Å². The van der Waals surface area contributed by atoms with Crippen molar-refractivity contribution in [2.24, 2.45) is 0 Å². The van der Waals surface area contributed by atoms with Crippen LogP contribution in [-0.4, -0.2) is 11.9 Å². The van der Waals surface area contributed by atoms with Gasteiger partial charge in [-0.25, -0.2) is 0 Å². The van der Waals surface area contributed by atoms with E-state index in [0.29, 0.717) is 6.42 Å². The molecule has 1 atom stereocenters. The maximum absolute atomic E-state index is 11.3. The SMILES string of the molecule is CCC(=O)C(C)Oc1ccccc1I. The number of hydrogen-bond acceptors (Lipinski definition) is 2. The third-order valence-corrected chi connectivity index (χ3v) is 2.83. The lowest BCUT2D eigenvalue weighted by Gasteiger charge is -2.13. The Balaban J connectivity index is 2.69. The van der Waals surface area contributed by atoms with Gasteiger partial charge in [0, 0.05) is 6.42 Å². The van der Waals surface area contributed by atoms with Crippen LogP contribution in [0.25, 0.3) is 0 Å². The number of carbonyl (C=O) groups excluding carboxylic acids is 1. The van der Waals surface area contributed by atoms with E-state index in [9.17, 15) is 4.79 Å². The first-order valence-corrected chi connectivity index (χ1v) is 5.67. The molecule has 14 heavy (non-hydrogen) atoms. The summed E-state index contributed by atoms with van der Waals surface area (Å²) in [5.74, 6) is 0.909. The summed E-state index contributed by atoms with van der Waals surface area (Å²) in [4.78, 5) is 11.3. The Bertz CT molecular complexity index is 323. The smallest absolute Gasteiger partial charge is 0.172 e. The molecule has 76 valence electrons. The maximum Gasteiger partial charge on any atom is 0.172 e. The zero-order valence-electron chi connectivity index (χ0n) is 8.29. The second kappa shape index (κ2) is 5.34. The fourth-order valence-electron chi connectivity index (χ4n) is 1.08. The number of benzene rings is 1. The molecule has 1 aromatic carbocycles. The van der Waals surface area contributed by atoms with E-state index < -0.39 is 0 Å². The highest BCUT2D eigenvalue weighted by atomic mass is 127. The van der Waals surface area contributed by atoms with Crippen molar-refractivity contribution in [3.8, 4) is 5.75 Å². The van der Waals surface area contributed by atoms with E-state index in [1.54, 1.807) is 6.92 Å². The Kier molecular flexibility index (Phi) is 4.38. The minimum absolute atomic E-state index is 0.129. The van der Waals surface area contributed by atoms with Crippen LogP contribution < -0.4 is 4.74 Å². The number of rotatable bonds is 4. The lowest BCUT2D eigenvalue weighted by Crippen LogP contribution is -2.23. The summed E-state index contributed by atoms with van der Waals surface area (Å²) in [5.41, 5.74) is 0. The maximum atomic E-state index is 11.3. The van der Waals surface area contributed by atoms with Gasteiger partial charge in [-0.3, -0.25) is 4.79 Å². The van der Waals surface area contributed by atoms with E-state index in [1.165, 1.54) is 0 Å². The largest absolute Gasteiger partial charge is 0.482 e. The van der Waals surface area contributed by atoms with Crippen LogP contribution in [0.15, 0.2) is 24.3 Å². The van der Waals surface area contributed by atoms with E-state index in [-0.39, 0.29) is 11.9 Å². The molecule has 0 aliphatic rings. The van der Waals surface area contributed by atoms with Crippen LogP contribution >= 0.6 is 22.6 Å². The molecule has 1 unspecified atom stereocenters. The molecule has 0 aliphatic carbocycles. The fourth-order valence-corrected chi connectivity index (χ4v) is 1.60. The first kappa shape index (κ1) is 11.5. The minimum atomic E-state index is -0.351. The van der Waals surface area contributed by atoms with Gasteiger partial charge < -0.3 is 4.74 Å². The average molecular weight is 304 g/mol. The minimum Gasteiger partial charge on any atom is -0.482 e. The van der Waals surface area contributed by atoms with Crippen LogP contribution in [0.3, 0.4) is 0 Å². The molecule has 1 rings (SSSR count). The predicted octanol–water partition coefficient (Wildman–Crippen LogP) is 3.04. The standard InChI is InChI=1S/C11H13IO2/c1-3-10(13)8(2)14-11-7-5-4-6-9(11)12/h4-8H,3H2,1-2H3. The topological polar surface area (TPSA) is 26.3 Å². The summed E-state index contributed by atoms with van der Waals surface area (Å²) in [7, 11) is 0. The molecule has 0 fully saturated rings. The van der Waals surface area contributed by atoms with Crippen molar-refractivity contribution in [3.63, 3.8) is 0 Å². The Morgan fingerprint density at radius 3 is 2.71 bits per heavy atom. The van der Waals surface area contributed by atoms with Gasteiger partial charge in [0.25, 0.3) is 0 Å². The van der Waals surface area contributed by atoms with E-state index >= 15 is 0 Å². The second-order valence-electron chi connectivity index (χ2n) is 3.01. The number of Topliss-reactive ketones (excluding diaryl/α,β-unsaturated/α-hetero) is 1. The number of para-hydroxylation sites is 1. The van der Waals surface area contributed by atoms with Crippen LogP contribution in [0.2, 0.25) is 0 Å². The molecule has 2 nitrogen and oxygen atoms in total. The summed E-state index contributed by atoms with van der Waals surface area (Å²) in [6.45, 7) is 3.63. The molecule has 0 amide bonds. The van der Waals surface area contributed by atoms with Gasteiger partial charge >= 0.3 is 0 Å². The van der Waals surface area contributed by atoms with Crippen molar-refractivity contribution >= 4 is 28.4 Å². The number of hydrogen-bond donors (Lipinski definition) is 0. The van der Waals surface area contributed by atoms with Crippen molar-refractivity contribution in [3.05, 3.63) is 27.8 Å². The zero-order chi connectivity index (χ0) is 10.6. The van der Waals surface area contributed by atoms with Gasteiger partial charge in [-0.1, -0.05) is 19.1 Å². The third kappa shape index (κ3) is 2.97. The third-order valence-electron chi connectivity index (χ3n) is 1.94. The zero-order valence-corrected chi connectivity index (χ0v) is 10.4. The van der Waals surface area contributed by atoms with E-state index in [0.717, 1.165) is 9.32 Å². The van der Waals surface area contributed by atoms with Gasteiger partial charge in [0.15, 0.2) is 11.9 Å². The van der Waals surface area contributed by atoms with Crippen LogP contribution in [0.5, 0.6) is 5.75 Å². The Morgan fingerprint density at radius 1 is 1.50 bits per heavy atom. The molecular weight excluding hydrogens is 291 g/mol. The van der Waals surface area contributed by atoms with Gasteiger partial charge in [0.05, 0.1) is 3.57 Å². The molecular formula is C11H13IO2. The highest BCUT2D eigenvalue weighted by Gasteiger charge is 2.13. The summed E-state index contributed by atoms with van der Waals surface area (Å²) >= 11 is 2.19. The number of carbonyl (C=O) groups is 1. The van der Waals surface area contributed by atoms with E-state index in [2.05, 4.69) is 22.6 Å². The van der Waals surface area contributed by atoms with Gasteiger partial charge in [-0.2, -0.15) is 0 Å². The Hall–Kier alpha value is -0.580. The molecule has 0 radical (unpaired) electrons. The summed E-state index contributed by atoms with van der Waals surface area (Å²) < 4.78 is 6.57. The highest BCUT2D eigenvalue weighted by Crippen LogP contribution is 2.21. The Labute approximate surface area is 97.8 Å². The van der Waals surface area contributed by atoms with Crippen LogP contribution in [-0.2, 0) is 4.79 Å². The van der Waals surface area contributed by atoms with E-state index in [1.807, 2.05) is 31.2 Å². The quantitative estimate of drug-likeness (QED) is 0.799. The molecule has 0 aromatic heterocycles. The van der Waals surface area contributed by atoms with Crippen LogP contribution in [0.4, 0.5) is 0 Å². The average Bonchev–Trinajstić information content (AvgIpc) is 2.20. The molecule has 0 N–H and O–H groups in total. The summed E-state index contributed by atoms with van der Waals surface area (Å²) in [6, 6.07) is 7.68. The molecule has 0 aliphatic heterocycles. The van der Waals surface area contributed by atoms with Crippen molar-refractivity contribution in [2.75, 3.05) is 0 Å². The first-order valence-electron chi connectivity index (χ1n) is 4.59. The van der Waals surface area contributed by atoms with Gasteiger partial charge in [-0.05, 0) is 41.6 Å². The molecule has 3 heteroatoms. The van der Waals surface area contributed by atoms with Crippen LogP contribution in [0, 0.1) is 3.57 Å². The number of ether oxygens (including phenoxy) is 1. The lowest BCUT2D eigenvalue weighted by molar-refractivity contribution is -0.124. The van der Waals surface area contributed by atoms with Crippen molar-refractivity contribution < 1.29 is 9.53 Å². The normalized spacial score (nSPS) is 12.2. The van der Waals surface area contributed by atoms with E-state index in [4.69, 9.17) is 4.74 Å². The first-order chi connectivity index (χ1) is 6.65. The van der Waals surface area contributed by atoms with Crippen molar-refractivity contribution in [2.45, 2.75) is 26.4 Å². The predicted molar refractivity (Wildman–Crippen MR) is 64.5 cm³/mol. The van der Waals surface area contributed by atoms with Gasteiger partial charge in [0.2, 0.25) is 0 Å². The lowest BCUT2D eigenvalue weighted by atomic mass is 10.2. The fraction of sp³-hybridized carbons (Fsp3) is 0.364. The van der Waals surface area contributed by atoms with Gasteiger partial charge in [0.1, 0.15) is 5.75 Å². The second-order valence-corrected chi connectivity index (χ2v) is 4.17. The highest BCUT2D eigenvalue weighted by molar-refractivity contribution is 14.1. The molecule has 0 heterocycles. The molecule has 0 saturated heterocycles. The molecule has 0 saturated carbocycles. The van der Waals surface area contributed by atoms with Crippen molar-refractivity contribution in [1.29, 1.82) is 0 Å². The monoisotopic (exact) mass is 304 g/mol. The Morgan fingerprint density at radius 2 is 2.14 bits per heavy atom. The molecule has 0 spiro atoms. The number of ketones is 1. The molecule has 0 bridgehead atoms. The van der Waals surface area contributed by atoms with Gasteiger partial charge in [-0.15, -0.1) is 0 Å². The summed E-state index contributed by atoms with van der Waals surface area (Å²) in [6.07, 6.45) is 0.167. The number of halogens is 1. The molecule has 1 aromatic rings. The summed E-state index contributed by atoms with van der Waals surface area (Å²) in [5, 5.41) is 0.